The highest BCUT2D eigenvalue weighted by molar-refractivity contribution is 5.43. The van der Waals surface area contributed by atoms with Crippen LogP contribution in [0.1, 0.15) is 39.2 Å². The molecule has 0 unspecified atom stereocenters. The summed E-state index contributed by atoms with van der Waals surface area (Å²) in [6.07, 6.45) is 1.57. The largest absolute Gasteiger partial charge is 0.269 e. The van der Waals surface area contributed by atoms with Crippen LogP contribution in [0.2, 0.25) is 0 Å². The standard InChI is InChI=1S/C15H18N2O2/c1-14(2,3)12-8-15(9-12,10-16)11-5-4-6-13(7-11)17(18)19/h4-7,12H,8-9H2,1-3H3. The van der Waals surface area contributed by atoms with Gasteiger partial charge in [0.25, 0.3) is 5.69 Å². The average molecular weight is 258 g/mol. The minimum atomic E-state index is -0.538. The van der Waals surface area contributed by atoms with Gasteiger partial charge in [-0.3, -0.25) is 10.1 Å². The first-order valence-corrected chi connectivity index (χ1v) is 6.45. The van der Waals surface area contributed by atoms with E-state index >= 15 is 0 Å². The molecular weight excluding hydrogens is 240 g/mol. The first kappa shape index (κ1) is 13.5. The Hall–Kier alpha value is -1.89. The summed E-state index contributed by atoms with van der Waals surface area (Å²) in [4.78, 5) is 10.4. The van der Waals surface area contributed by atoms with Crippen molar-refractivity contribution in [3.8, 4) is 6.07 Å². The molecule has 1 aliphatic rings. The van der Waals surface area contributed by atoms with Gasteiger partial charge in [0, 0.05) is 12.1 Å². The van der Waals surface area contributed by atoms with E-state index in [1.54, 1.807) is 12.1 Å². The van der Waals surface area contributed by atoms with Gasteiger partial charge in [-0.05, 0) is 29.7 Å². The molecule has 0 aliphatic heterocycles. The molecule has 0 saturated heterocycles. The SMILES string of the molecule is CC(C)(C)C1CC(C#N)(c2cccc([N+](=O)[O-])c2)C1. The van der Waals surface area contributed by atoms with Gasteiger partial charge < -0.3 is 0 Å². The zero-order chi connectivity index (χ0) is 14.3. The summed E-state index contributed by atoms with van der Waals surface area (Å²) >= 11 is 0. The summed E-state index contributed by atoms with van der Waals surface area (Å²) < 4.78 is 0. The Balaban J connectivity index is 2.29. The van der Waals surface area contributed by atoms with E-state index < -0.39 is 10.3 Å². The van der Waals surface area contributed by atoms with Crippen molar-refractivity contribution in [3.63, 3.8) is 0 Å². The summed E-state index contributed by atoms with van der Waals surface area (Å²) in [6.45, 7) is 6.52. The summed E-state index contributed by atoms with van der Waals surface area (Å²) in [5, 5.41) is 20.3. The number of nitro groups is 1. The molecule has 1 saturated carbocycles. The highest BCUT2D eigenvalue weighted by Crippen LogP contribution is 2.54. The van der Waals surface area contributed by atoms with E-state index in [0.29, 0.717) is 5.92 Å². The fourth-order valence-corrected chi connectivity index (χ4v) is 2.70. The van der Waals surface area contributed by atoms with Crippen LogP contribution in [0.5, 0.6) is 0 Å². The van der Waals surface area contributed by atoms with Crippen molar-refractivity contribution in [1.82, 2.24) is 0 Å². The molecule has 100 valence electrons. The number of nitrogens with zero attached hydrogens (tertiary/aromatic N) is 2. The van der Waals surface area contributed by atoms with E-state index in [2.05, 4.69) is 26.8 Å². The summed E-state index contributed by atoms with van der Waals surface area (Å²) in [6, 6.07) is 8.88. The third-order valence-electron chi connectivity index (χ3n) is 4.24. The second-order valence-corrected chi connectivity index (χ2v) is 6.47. The van der Waals surface area contributed by atoms with Gasteiger partial charge in [0.2, 0.25) is 0 Å². The molecular formula is C15H18N2O2. The van der Waals surface area contributed by atoms with Gasteiger partial charge in [0.1, 0.15) is 0 Å². The second kappa shape index (κ2) is 4.34. The first-order valence-electron chi connectivity index (χ1n) is 6.45. The maximum atomic E-state index is 10.8. The Morgan fingerprint density at radius 2 is 2.05 bits per heavy atom. The molecule has 0 spiro atoms. The molecule has 1 aromatic rings. The molecule has 2 rings (SSSR count). The van der Waals surface area contributed by atoms with Crippen LogP contribution in [-0.2, 0) is 5.41 Å². The van der Waals surface area contributed by atoms with E-state index in [1.165, 1.54) is 6.07 Å². The minimum Gasteiger partial charge on any atom is -0.258 e. The maximum absolute atomic E-state index is 10.8. The highest BCUT2D eigenvalue weighted by atomic mass is 16.6. The number of hydrogen-bond donors (Lipinski definition) is 0. The van der Waals surface area contributed by atoms with Gasteiger partial charge in [0.05, 0.1) is 16.4 Å². The van der Waals surface area contributed by atoms with Crippen molar-refractivity contribution in [2.75, 3.05) is 0 Å². The predicted molar refractivity (Wildman–Crippen MR) is 72.6 cm³/mol. The van der Waals surface area contributed by atoms with Crippen molar-refractivity contribution in [3.05, 3.63) is 39.9 Å². The molecule has 0 amide bonds. The number of hydrogen-bond acceptors (Lipinski definition) is 3. The number of benzene rings is 1. The summed E-state index contributed by atoms with van der Waals surface area (Å²) in [5.74, 6) is 0.492. The van der Waals surface area contributed by atoms with Crippen molar-refractivity contribution in [2.45, 2.75) is 39.0 Å². The monoisotopic (exact) mass is 258 g/mol. The van der Waals surface area contributed by atoms with Gasteiger partial charge in [-0.25, -0.2) is 0 Å². The van der Waals surface area contributed by atoms with Gasteiger partial charge in [-0.1, -0.05) is 32.9 Å². The van der Waals surface area contributed by atoms with E-state index in [4.69, 9.17) is 0 Å². The molecule has 0 bridgehead atoms. The maximum Gasteiger partial charge on any atom is 0.269 e. The molecule has 0 aromatic heterocycles. The Bertz CT molecular complexity index is 546. The second-order valence-electron chi connectivity index (χ2n) is 6.47. The molecule has 1 aromatic carbocycles. The van der Waals surface area contributed by atoms with Crippen LogP contribution in [0.25, 0.3) is 0 Å². The van der Waals surface area contributed by atoms with Crippen molar-refractivity contribution >= 4 is 5.69 Å². The van der Waals surface area contributed by atoms with Gasteiger partial charge in [0.15, 0.2) is 0 Å². The fraction of sp³-hybridized carbons (Fsp3) is 0.533. The predicted octanol–water partition coefficient (Wildman–Crippen LogP) is 3.81. The van der Waals surface area contributed by atoms with Crippen molar-refractivity contribution in [2.24, 2.45) is 11.3 Å². The van der Waals surface area contributed by atoms with E-state index in [0.717, 1.165) is 18.4 Å². The van der Waals surface area contributed by atoms with E-state index in [-0.39, 0.29) is 11.1 Å². The van der Waals surface area contributed by atoms with Crippen LogP contribution in [-0.4, -0.2) is 4.92 Å². The first-order chi connectivity index (χ1) is 8.78. The van der Waals surface area contributed by atoms with Gasteiger partial charge in [-0.2, -0.15) is 5.26 Å². The Morgan fingerprint density at radius 3 is 2.53 bits per heavy atom. The third kappa shape index (κ3) is 2.33. The number of rotatable bonds is 2. The van der Waals surface area contributed by atoms with Crippen LogP contribution in [0.4, 0.5) is 5.69 Å². The van der Waals surface area contributed by atoms with Crippen LogP contribution in [0.15, 0.2) is 24.3 Å². The molecule has 0 N–H and O–H groups in total. The molecule has 1 aliphatic carbocycles. The smallest absolute Gasteiger partial charge is 0.258 e. The van der Waals surface area contributed by atoms with Crippen LogP contribution >= 0.6 is 0 Å². The highest BCUT2D eigenvalue weighted by Gasteiger charge is 2.50. The Kier molecular flexibility index (Phi) is 3.09. The Morgan fingerprint density at radius 1 is 1.42 bits per heavy atom. The lowest BCUT2D eigenvalue weighted by atomic mass is 9.53. The lowest BCUT2D eigenvalue weighted by Gasteiger charge is -2.49. The quantitative estimate of drug-likeness (QED) is 0.598. The molecule has 0 atom stereocenters. The van der Waals surface area contributed by atoms with Crippen LogP contribution in [0.3, 0.4) is 0 Å². The minimum absolute atomic E-state index is 0.0614. The number of nitriles is 1. The zero-order valence-corrected chi connectivity index (χ0v) is 11.5. The lowest BCUT2D eigenvalue weighted by Crippen LogP contribution is -2.45. The average Bonchev–Trinajstić information content (AvgIpc) is 2.27. The molecule has 0 heterocycles. The van der Waals surface area contributed by atoms with Crippen LogP contribution < -0.4 is 0 Å². The topological polar surface area (TPSA) is 66.9 Å². The molecule has 1 fully saturated rings. The summed E-state index contributed by atoms with van der Waals surface area (Å²) in [7, 11) is 0. The van der Waals surface area contributed by atoms with Gasteiger partial charge >= 0.3 is 0 Å². The van der Waals surface area contributed by atoms with Crippen LogP contribution in [0, 0.1) is 32.8 Å². The zero-order valence-electron chi connectivity index (χ0n) is 11.5. The third-order valence-corrected chi connectivity index (χ3v) is 4.24. The van der Waals surface area contributed by atoms with Gasteiger partial charge in [-0.15, -0.1) is 0 Å². The van der Waals surface area contributed by atoms with E-state index in [1.807, 2.05) is 6.07 Å². The molecule has 4 heteroatoms. The van der Waals surface area contributed by atoms with Crippen molar-refractivity contribution < 1.29 is 4.92 Å². The normalized spacial score (nSPS) is 26.3. The number of non-ortho nitro benzene ring substituents is 1. The fourth-order valence-electron chi connectivity index (χ4n) is 2.70. The molecule has 0 radical (unpaired) electrons. The summed E-state index contributed by atoms with van der Waals surface area (Å²) in [5.41, 5.74) is 0.487. The van der Waals surface area contributed by atoms with E-state index in [9.17, 15) is 15.4 Å². The van der Waals surface area contributed by atoms with Crippen molar-refractivity contribution in [1.29, 1.82) is 5.26 Å². The lowest BCUT2D eigenvalue weighted by molar-refractivity contribution is -0.385. The number of nitro benzene ring substituents is 1. The molecule has 4 nitrogen and oxygen atoms in total. The molecule has 19 heavy (non-hydrogen) atoms. The Labute approximate surface area is 113 Å².